The molecule has 19 heavy (non-hydrogen) atoms. The van der Waals surface area contributed by atoms with Gasteiger partial charge in [0.2, 0.25) is 5.76 Å². The fraction of sp³-hybridized carbons (Fsp3) is 0.643. The van der Waals surface area contributed by atoms with Crippen molar-refractivity contribution in [2.45, 2.75) is 51.4 Å². The van der Waals surface area contributed by atoms with Gasteiger partial charge in [-0.15, -0.1) is 0 Å². The number of rotatable bonds is 5. The zero-order chi connectivity index (χ0) is 13.8. The highest BCUT2D eigenvalue weighted by Crippen LogP contribution is 2.24. The molecule has 0 bridgehead atoms. The van der Waals surface area contributed by atoms with E-state index in [0.29, 0.717) is 17.9 Å². The maximum Gasteiger partial charge on any atom is 0.372 e. The van der Waals surface area contributed by atoms with Crippen LogP contribution in [0.4, 0.5) is 0 Å². The van der Waals surface area contributed by atoms with Crippen LogP contribution in [0.1, 0.15) is 47.6 Å². The van der Waals surface area contributed by atoms with Gasteiger partial charge in [-0.25, -0.2) is 4.79 Å². The molecule has 0 radical (unpaired) electrons. The van der Waals surface area contributed by atoms with Gasteiger partial charge in [0.05, 0.1) is 12.2 Å². The second kappa shape index (κ2) is 6.21. The molecule has 2 unspecified atom stereocenters. The van der Waals surface area contributed by atoms with Crippen LogP contribution >= 0.6 is 0 Å². The van der Waals surface area contributed by atoms with Gasteiger partial charge in [-0.3, -0.25) is 0 Å². The molecular formula is C14H20O5. The molecule has 5 heteroatoms. The van der Waals surface area contributed by atoms with Crippen LogP contribution in [0.5, 0.6) is 0 Å². The highest BCUT2D eigenvalue weighted by Gasteiger charge is 2.23. The Labute approximate surface area is 112 Å². The van der Waals surface area contributed by atoms with Crippen molar-refractivity contribution in [3.8, 4) is 0 Å². The topological polar surface area (TPSA) is 68.9 Å². The highest BCUT2D eigenvalue weighted by atomic mass is 16.5. The van der Waals surface area contributed by atoms with Crippen LogP contribution in [0.2, 0.25) is 0 Å². The molecule has 1 fully saturated rings. The van der Waals surface area contributed by atoms with E-state index in [-0.39, 0.29) is 18.0 Å². The summed E-state index contributed by atoms with van der Waals surface area (Å²) in [6.45, 7) is 2.03. The summed E-state index contributed by atoms with van der Waals surface area (Å²) in [7, 11) is 1.72. The fourth-order valence-corrected chi connectivity index (χ4v) is 2.50. The number of methoxy groups -OCH3 is 1. The number of aryl methyl sites for hydroxylation is 1. The zero-order valence-corrected chi connectivity index (χ0v) is 11.3. The third kappa shape index (κ3) is 3.58. The van der Waals surface area contributed by atoms with Gasteiger partial charge in [0.1, 0.15) is 12.4 Å². The normalized spacial score (nSPS) is 23.5. The van der Waals surface area contributed by atoms with Gasteiger partial charge in [-0.05, 0) is 38.7 Å². The molecule has 1 saturated carbocycles. The van der Waals surface area contributed by atoms with E-state index in [4.69, 9.17) is 19.0 Å². The number of carbonyl (C=O) groups is 1. The Morgan fingerprint density at radius 2 is 2.21 bits per heavy atom. The molecule has 0 amide bonds. The first-order valence-corrected chi connectivity index (χ1v) is 6.57. The molecule has 1 aliphatic rings. The van der Waals surface area contributed by atoms with Crippen molar-refractivity contribution in [3.05, 3.63) is 23.2 Å². The SMILES string of the molecule is COC1CCCC(OCc2cc(C)c(C(=O)O)o2)C1. The third-order valence-electron chi connectivity index (χ3n) is 3.54. The number of hydrogen-bond donors (Lipinski definition) is 1. The van der Waals surface area contributed by atoms with E-state index in [1.807, 2.05) is 0 Å². The first-order valence-electron chi connectivity index (χ1n) is 6.57. The summed E-state index contributed by atoms with van der Waals surface area (Å²) in [5.41, 5.74) is 0.629. The van der Waals surface area contributed by atoms with Crippen molar-refractivity contribution >= 4 is 5.97 Å². The average Bonchev–Trinajstić information content (AvgIpc) is 2.78. The van der Waals surface area contributed by atoms with Crippen LogP contribution in [0.15, 0.2) is 10.5 Å². The molecule has 2 rings (SSSR count). The molecule has 1 N–H and O–H groups in total. The number of hydrogen-bond acceptors (Lipinski definition) is 4. The monoisotopic (exact) mass is 268 g/mol. The van der Waals surface area contributed by atoms with Gasteiger partial charge in [0, 0.05) is 12.7 Å². The summed E-state index contributed by atoms with van der Waals surface area (Å²) in [5, 5.41) is 8.91. The summed E-state index contributed by atoms with van der Waals surface area (Å²) < 4.78 is 16.4. The number of ether oxygens (including phenoxy) is 2. The molecule has 1 heterocycles. The lowest BCUT2D eigenvalue weighted by Gasteiger charge is -2.27. The summed E-state index contributed by atoms with van der Waals surface area (Å²) in [5.74, 6) is -0.479. The number of aromatic carboxylic acids is 1. The Morgan fingerprint density at radius 3 is 2.84 bits per heavy atom. The van der Waals surface area contributed by atoms with Crippen molar-refractivity contribution < 1.29 is 23.8 Å². The Kier molecular flexibility index (Phi) is 4.61. The van der Waals surface area contributed by atoms with Gasteiger partial charge in [-0.1, -0.05) is 0 Å². The Bertz CT molecular complexity index is 437. The molecule has 0 saturated heterocycles. The van der Waals surface area contributed by atoms with E-state index in [2.05, 4.69) is 0 Å². The fourth-order valence-electron chi connectivity index (χ4n) is 2.50. The van der Waals surface area contributed by atoms with Crippen LogP contribution in [0.3, 0.4) is 0 Å². The lowest BCUT2D eigenvalue weighted by atomic mass is 9.95. The zero-order valence-electron chi connectivity index (χ0n) is 11.3. The minimum absolute atomic E-state index is 0.00277. The lowest BCUT2D eigenvalue weighted by Crippen LogP contribution is -2.27. The molecule has 0 spiro atoms. The maximum absolute atomic E-state index is 10.9. The van der Waals surface area contributed by atoms with Crippen LogP contribution in [-0.2, 0) is 16.1 Å². The average molecular weight is 268 g/mol. The summed E-state index contributed by atoms with van der Waals surface area (Å²) in [6, 6.07) is 1.72. The molecule has 1 aromatic rings. The van der Waals surface area contributed by atoms with E-state index < -0.39 is 5.97 Å². The highest BCUT2D eigenvalue weighted by molar-refractivity contribution is 5.86. The van der Waals surface area contributed by atoms with E-state index >= 15 is 0 Å². The van der Waals surface area contributed by atoms with Crippen LogP contribution in [0.25, 0.3) is 0 Å². The first kappa shape index (κ1) is 14.1. The van der Waals surface area contributed by atoms with Crippen molar-refractivity contribution in [2.24, 2.45) is 0 Å². The molecule has 0 aromatic carbocycles. The van der Waals surface area contributed by atoms with Crippen molar-refractivity contribution in [1.82, 2.24) is 0 Å². The molecule has 0 aliphatic heterocycles. The third-order valence-corrected chi connectivity index (χ3v) is 3.54. The van der Waals surface area contributed by atoms with Crippen LogP contribution in [0, 0.1) is 6.92 Å². The van der Waals surface area contributed by atoms with Crippen molar-refractivity contribution in [1.29, 1.82) is 0 Å². The summed E-state index contributed by atoms with van der Waals surface area (Å²) >= 11 is 0. The van der Waals surface area contributed by atoms with Crippen LogP contribution in [-0.4, -0.2) is 30.4 Å². The van der Waals surface area contributed by atoms with E-state index in [0.717, 1.165) is 25.7 Å². The second-order valence-electron chi connectivity index (χ2n) is 4.99. The maximum atomic E-state index is 10.9. The quantitative estimate of drug-likeness (QED) is 0.889. The Hall–Kier alpha value is -1.33. The number of carboxylic acid groups (broad SMARTS) is 1. The van der Waals surface area contributed by atoms with E-state index in [1.54, 1.807) is 20.1 Å². The second-order valence-corrected chi connectivity index (χ2v) is 4.99. The largest absolute Gasteiger partial charge is 0.475 e. The Morgan fingerprint density at radius 1 is 1.47 bits per heavy atom. The Balaban J connectivity index is 1.88. The van der Waals surface area contributed by atoms with Crippen molar-refractivity contribution in [2.75, 3.05) is 7.11 Å². The van der Waals surface area contributed by atoms with Crippen LogP contribution < -0.4 is 0 Å². The predicted octanol–water partition coefficient (Wildman–Crippen LogP) is 2.76. The van der Waals surface area contributed by atoms with Gasteiger partial charge in [-0.2, -0.15) is 0 Å². The lowest BCUT2D eigenvalue weighted by molar-refractivity contribution is -0.0406. The molecule has 1 aliphatic carbocycles. The number of furan rings is 1. The van der Waals surface area contributed by atoms with Gasteiger partial charge in [0.25, 0.3) is 0 Å². The molecule has 1 aromatic heterocycles. The summed E-state index contributed by atoms with van der Waals surface area (Å²) in [6.07, 6.45) is 4.53. The molecular weight excluding hydrogens is 248 g/mol. The smallest absolute Gasteiger partial charge is 0.372 e. The van der Waals surface area contributed by atoms with Gasteiger partial charge < -0.3 is 19.0 Å². The minimum atomic E-state index is -1.04. The molecule has 106 valence electrons. The molecule has 5 nitrogen and oxygen atoms in total. The predicted molar refractivity (Wildman–Crippen MR) is 68.2 cm³/mol. The summed E-state index contributed by atoms with van der Waals surface area (Å²) in [4.78, 5) is 10.9. The minimum Gasteiger partial charge on any atom is -0.475 e. The number of carboxylic acids is 1. The molecule has 2 atom stereocenters. The standard InChI is InChI=1S/C14H20O5/c1-9-6-12(19-13(9)14(15)16)8-18-11-5-3-4-10(7-11)17-2/h6,10-11H,3-5,7-8H2,1-2H3,(H,15,16). The van der Waals surface area contributed by atoms with Gasteiger partial charge >= 0.3 is 5.97 Å². The van der Waals surface area contributed by atoms with Gasteiger partial charge in [0.15, 0.2) is 0 Å². The van der Waals surface area contributed by atoms with E-state index in [1.165, 1.54) is 0 Å². The van der Waals surface area contributed by atoms with Crippen molar-refractivity contribution in [3.63, 3.8) is 0 Å². The van der Waals surface area contributed by atoms with E-state index in [9.17, 15) is 4.79 Å². The first-order chi connectivity index (χ1) is 9.10.